The standard InChI is InChI=1S/C15H15N3OS/c1-2-18-8-7-16-15(18)20-10-14(19)12-9-17-13-6-4-3-5-11(12)13/h3-9,17H,2,10H2,1H3. The number of fused-ring (bicyclic) bond motifs is 1. The summed E-state index contributed by atoms with van der Waals surface area (Å²) in [5.74, 6) is 0.525. The first kappa shape index (κ1) is 13.0. The number of aromatic nitrogens is 3. The van der Waals surface area contributed by atoms with Crippen molar-refractivity contribution in [1.82, 2.24) is 14.5 Å². The molecule has 0 fully saturated rings. The van der Waals surface area contributed by atoms with Crippen LogP contribution in [-0.2, 0) is 6.54 Å². The van der Waals surface area contributed by atoms with Crippen LogP contribution in [0.25, 0.3) is 10.9 Å². The number of carbonyl (C=O) groups excluding carboxylic acids is 1. The molecule has 5 heteroatoms. The summed E-state index contributed by atoms with van der Waals surface area (Å²) >= 11 is 1.48. The van der Waals surface area contributed by atoms with Crippen molar-refractivity contribution in [2.45, 2.75) is 18.6 Å². The zero-order valence-electron chi connectivity index (χ0n) is 11.2. The van der Waals surface area contributed by atoms with Gasteiger partial charge < -0.3 is 9.55 Å². The summed E-state index contributed by atoms with van der Waals surface area (Å²) in [6.45, 7) is 2.93. The van der Waals surface area contributed by atoms with E-state index in [1.807, 2.05) is 35.0 Å². The lowest BCUT2D eigenvalue weighted by Crippen LogP contribution is -2.03. The molecule has 0 unspecified atom stereocenters. The van der Waals surface area contributed by atoms with Crippen LogP contribution >= 0.6 is 11.8 Å². The SMILES string of the molecule is CCn1ccnc1SCC(=O)c1c[nH]c2ccccc12. The number of thioether (sulfide) groups is 1. The molecule has 0 aliphatic rings. The molecule has 2 heterocycles. The van der Waals surface area contributed by atoms with E-state index >= 15 is 0 Å². The van der Waals surface area contributed by atoms with Gasteiger partial charge in [-0.2, -0.15) is 0 Å². The number of nitrogens with zero attached hydrogens (tertiary/aromatic N) is 2. The van der Waals surface area contributed by atoms with Crippen LogP contribution in [0.15, 0.2) is 48.0 Å². The normalized spacial score (nSPS) is 11.1. The van der Waals surface area contributed by atoms with E-state index < -0.39 is 0 Å². The van der Waals surface area contributed by atoms with Crippen molar-refractivity contribution in [3.8, 4) is 0 Å². The number of imidazole rings is 1. The Kier molecular flexibility index (Phi) is 3.60. The van der Waals surface area contributed by atoms with Crippen molar-refractivity contribution < 1.29 is 4.79 Å². The molecule has 102 valence electrons. The molecule has 0 radical (unpaired) electrons. The van der Waals surface area contributed by atoms with Gasteiger partial charge in [0.15, 0.2) is 10.9 Å². The fraction of sp³-hybridized carbons (Fsp3) is 0.200. The van der Waals surface area contributed by atoms with Gasteiger partial charge >= 0.3 is 0 Å². The van der Waals surface area contributed by atoms with Gasteiger partial charge in [-0.25, -0.2) is 4.98 Å². The number of hydrogen-bond donors (Lipinski definition) is 1. The average Bonchev–Trinajstić information content (AvgIpc) is 3.11. The third kappa shape index (κ3) is 2.36. The highest BCUT2D eigenvalue weighted by atomic mass is 32.2. The fourth-order valence-corrected chi connectivity index (χ4v) is 3.09. The van der Waals surface area contributed by atoms with Crippen molar-refractivity contribution >= 4 is 28.4 Å². The summed E-state index contributed by atoms with van der Waals surface area (Å²) in [6, 6.07) is 7.85. The van der Waals surface area contributed by atoms with Crippen LogP contribution in [0.4, 0.5) is 0 Å². The number of Topliss-reactive ketones (excluding diaryl/α,β-unsaturated/α-hetero) is 1. The Morgan fingerprint density at radius 1 is 1.40 bits per heavy atom. The van der Waals surface area contributed by atoms with E-state index in [0.717, 1.165) is 28.2 Å². The summed E-state index contributed by atoms with van der Waals surface area (Å²) < 4.78 is 2.03. The van der Waals surface area contributed by atoms with Crippen molar-refractivity contribution in [2.24, 2.45) is 0 Å². The lowest BCUT2D eigenvalue weighted by molar-refractivity contribution is 0.102. The van der Waals surface area contributed by atoms with E-state index in [-0.39, 0.29) is 5.78 Å². The van der Waals surface area contributed by atoms with E-state index in [0.29, 0.717) is 5.75 Å². The van der Waals surface area contributed by atoms with Crippen LogP contribution in [0.3, 0.4) is 0 Å². The zero-order chi connectivity index (χ0) is 13.9. The third-order valence-electron chi connectivity index (χ3n) is 3.24. The molecular weight excluding hydrogens is 270 g/mol. The second-order valence-electron chi connectivity index (χ2n) is 4.46. The number of ketones is 1. The second-order valence-corrected chi connectivity index (χ2v) is 5.40. The van der Waals surface area contributed by atoms with Gasteiger partial charge in [0.25, 0.3) is 0 Å². The van der Waals surface area contributed by atoms with E-state index in [9.17, 15) is 4.79 Å². The molecule has 0 spiro atoms. The Morgan fingerprint density at radius 2 is 2.25 bits per heavy atom. The number of benzene rings is 1. The first-order valence-corrected chi connectivity index (χ1v) is 7.51. The molecule has 0 aliphatic heterocycles. The number of para-hydroxylation sites is 1. The number of rotatable bonds is 5. The molecular formula is C15H15N3OS. The van der Waals surface area contributed by atoms with E-state index in [2.05, 4.69) is 16.9 Å². The summed E-state index contributed by atoms with van der Waals surface area (Å²) in [5.41, 5.74) is 1.75. The summed E-state index contributed by atoms with van der Waals surface area (Å²) in [4.78, 5) is 19.7. The monoisotopic (exact) mass is 285 g/mol. The molecule has 0 atom stereocenters. The Balaban J connectivity index is 1.77. The highest BCUT2D eigenvalue weighted by molar-refractivity contribution is 7.99. The van der Waals surface area contributed by atoms with Crippen LogP contribution in [0.1, 0.15) is 17.3 Å². The predicted octanol–water partition coefficient (Wildman–Crippen LogP) is 3.36. The van der Waals surface area contributed by atoms with E-state index in [1.54, 1.807) is 12.4 Å². The van der Waals surface area contributed by atoms with Crippen molar-refractivity contribution in [3.63, 3.8) is 0 Å². The maximum absolute atomic E-state index is 12.3. The number of hydrogen-bond acceptors (Lipinski definition) is 3. The highest BCUT2D eigenvalue weighted by Gasteiger charge is 2.13. The quantitative estimate of drug-likeness (QED) is 0.577. The first-order valence-electron chi connectivity index (χ1n) is 6.53. The van der Waals surface area contributed by atoms with Gasteiger partial charge in [0.2, 0.25) is 0 Å². The smallest absolute Gasteiger partial charge is 0.175 e. The minimum absolute atomic E-state index is 0.123. The second kappa shape index (κ2) is 5.54. The van der Waals surface area contributed by atoms with E-state index in [1.165, 1.54) is 11.8 Å². The largest absolute Gasteiger partial charge is 0.360 e. The Bertz CT molecular complexity index is 744. The van der Waals surface area contributed by atoms with Gasteiger partial charge in [-0.15, -0.1) is 0 Å². The van der Waals surface area contributed by atoms with Crippen LogP contribution in [-0.4, -0.2) is 26.1 Å². The molecule has 3 aromatic rings. The molecule has 0 saturated heterocycles. The van der Waals surface area contributed by atoms with Gasteiger partial charge in [-0.05, 0) is 13.0 Å². The Hall–Kier alpha value is -2.01. The van der Waals surface area contributed by atoms with Crippen LogP contribution in [0.5, 0.6) is 0 Å². The fourth-order valence-electron chi connectivity index (χ4n) is 2.19. The minimum atomic E-state index is 0.123. The zero-order valence-corrected chi connectivity index (χ0v) is 12.0. The minimum Gasteiger partial charge on any atom is -0.360 e. The highest BCUT2D eigenvalue weighted by Crippen LogP contribution is 2.22. The molecule has 1 N–H and O–H groups in total. The topological polar surface area (TPSA) is 50.7 Å². The van der Waals surface area contributed by atoms with Crippen molar-refractivity contribution in [1.29, 1.82) is 0 Å². The number of carbonyl (C=O) groups is 1. The molecule has 4 nitrogen and oxygen atoms in total. The molecule has 0 saturated carbocycles. The molecule has 1 aromatic carbocycles. The predicted molar refractivity (Wildman–Crippen MR) is 81.3 cm³/mol. The van der Waals surface area contributed by atoms with Gasteiger partial charge in [0.05, 0.1) is 5.75 Å². The van der Waals surface area contributed by atoms with Crippen molar-refractivity contribution in [3.05, 3.63) is 48.4 Å². The van der Waals surface area contributed by atoms with Crippen LogP contribution in [0, 0.1) is 0 Å². The first-order chi connectivity index (χ1) is 9.79. The van der Waals surface area contributed by atoms with Crippen LogP contribution in [0.2, 0.25) is 0 Å². The molecule has 0 bridgehead atoms. The molecule has 2 aromatic heterocycles. The number of aromatic amines is 1. The van der Waals surface area contributed by atoms with Gasteiger partial charge in [0.1, 0.15) is 0 Å². The maximum atomic E-state index is 12.3. The maximum Gasteiger partial charge on any atom is 0.175 e. The number of H-pyrrole nitrogens is 1. The molecule has 0 aliphatic carbocycles. The lowest BCUT2D eigenvalue weighted by Gasteiger charge is -2.03. The number of aryl methyl sites for hydroxylation is 1. The Labute approximate surface area is 121 Å². The van der Waals surface area contributed by atoms with Gasteiger partial charge in [-0.1, -0.05) is 30.0 Å². The summed E-state index contributed by atoms with van der Waals surface area (Å²) in [6.07, 6.45) is 5.49. The molecule has 20 heavy (non-hydrogen) atoms. The average molecular weight is 285 g/mol. The molecule has 3 rings (SSSR count). The molecule has 0 amide bonds. The van der Waals surface area contributed by atoms with E-state index in [4.69, 9.17) is 0 Å². The number of nitrogens with one attached hydrogen (secondary N) is 1. The van der Waals surface area contributed by atoms with Crippen molar-refractivity contribution in [2.75, 3.05) is 5.75 Å². The van der Waals surface area contributed by atoms with Crippen LogP contribution < -0.4 is 0 Å². The van der Waals surface area contributed by atoms with Gasteiger partial charge in [-0.3, -0.25) is 4.79 Å². The third-order valence-corrected chi connectivity index (χ3v) is 4.24. The lowest BCUT2D eigenvalue weighted by atomic mass is 10.1. The summed E-state index contributed by atoms with van der Waals surface area (Å²) in [7, 11) is 0. The summed E-state index contributed by atoms with van der Waals surface area (Å²) in [5, 5.41) is 1.87. The van der Waals surface area contributed by atoms with Gasteiger partial charge in [0, 0.05) is 41.6 Å². The Morgan fingerprint density at radius 3 is 3.10 bits per heavy atom.